The highest BCUT2D eigenvalue weighted by Crippen LogP contribution is 2.16. The molecule has 1 N–H and O–H groups in total. The molecule has 0 saturated heterocycles. The second-order valence-electron chi connectivity index (χ2n) is 6.46. The van der Waals surface area contributed by atoms with Crippen LogP contribution >= 0.6 is 0 Å². The Morgan fingerprint density at radius 1 is 1.10 bits per heavy atom. The van der Waals surface area contributed by atoms with Gasteiger partial charge in [0, 0.05) is 17.2 Å². The number of carbonyl (C=O) groups is 2. The number of rotatable bonds is 5. The topological polar surface area (TPSA) is 91.8 Å². The van der Waals surface area contributed by atoms with Gasteiger partial charge in [-0.15, -0.1) is 0 Å². The summed E-state index contributed by atoms with van der Waals surface area (Å²) < 4.78 is 5.16. The van der Waals surface area contributed by atoms with E-state index in [1.165, 1.54) is 0 Å². The Kier molecular flexibility index (Phi) is 7.10. The van der Waals surface area contributed by atoms with Crippen LogP contribution in [-0.2, 0) is 9.53 Å². The van der Waals surface area contributed by atoms with Crippen LogP contribution in [0, 0.1) is 11.8 Å². The Morgan fingerprint density at radius 2 is 1.87 bits per heavy atom. The molecule has 0 fully saturated rings. The van der Waals surface area contributed by atoms with Crippen molar-refractivity contribution >= 4 is 23.3 Å². The molecular weight excluding hydrogens is 378 g/mol. The molecule has 0 saturated carbocycles. The summed E-state index contributed by atoms with van der Waals surface area (Å²) in [5.74, 6) is 5.09. The maximum absolute atomic E-state index is 12.4. The number of hydrogen-bond donors (Lipinski definition) is 1. The van der Waals surface area contributed by atoms with Gasteiger partial charge in [-0.1, -0.05) is 54.3 Å². The molecule has 1 aliphatic rings. The molecule has 0 heterocycles. The third-order valence-electron chi connectivity index (χ3n) is 4.27. The first-order chi connectivity index (χ1) is 14.7. The van der Waals surface area contributed by atoms with E-state index < -0.39 is 5.97 Å². The molecule has 0 aliphatic heterocycles. The van der Waals surface area contributed by atoms with Crippen LogP contribution in [0.5, 0.6) is 0 Å². The van der Waals surface area contributed by atoms with Gasteiger partial charge in [0.2, 0.25) is 0 Å². The molecule has 0 atom stereocenters. The number of anilines is 1. The van der Waals surface area contributed by atoms with Crippen LogP contribution in [0.3, 0.4) is 0 Å². The van der Waals surface area contributed by atoms with Gasteiger partial charge in [-0.2, -0.15) is 4.79 Å². The molecule has 2 aromatic carbocycles. The molecule has 1 amide bonds. The van der Waals surface area contributed by atoms with Crippen LogP contribution in [0.15, 0.2) is 78.4 Å². The van der Waals surface area contributed by atoms with Gasteiger partial charge in [-0.3, -0.25) is 9.59 Å². The van der Waals surface area contributed by atoms with E-state index in [4.69, 9.17) is 10.3 Å². The molecule has 0 unspecified atom stereocenters. The maximum atomic E-state index is 12.4. The number of amides is 1. The fourth-order valence-electron chi connectivity index (χ4n) is 2.81. The van der Waals surface area contributed by atoms with Gasteiger partial charge in [0.1, 0.15) is 0 Å². The van der Waals surface area contributed by atoms with Gasteiger partial charge < -0.3 is 15.6 Å². The van der Waals surface area contributed by atoms with Gasteiger partial charge in [-0.05, 0) is 29.8 Å². The van der Waals surface area contributed by atoms with E-state index in [2.05, 4.69) is 21.9 Å². The highest BCUT2D eigenvalue weighted by Gasteiger charge is 2.15. The van der Waals surface area contributed by atoms with Crippen molar-refractivity contribution in [2.24, 2.45) is 0 Å². The van der Waals surface area contributed by atoms with Gasteiger partial charge in [0.05, 0.1) is 18.5 Å². The van der Waals surface area contributed by atoms with Crippen LogP contribution in [0.2, 0.25) is 0 Å². The lowest BCUT2D eigenvalue weighted by Crippen LogP contribution is -2.12. The van der Waals surface area contributed by atoms with Crippen molar-refractivity contribution in [2.75, 3.05) is 11.9 Å². The largest absolute Gasteiger partial charge is 0.452 e. The number of esters is 1. The van der Waals surface area contributed by atoms with Gasteiger partial charge in [0.25, 0.3) is 11.6 Å². The summed E-state index contributed by atoms with van der Waals surface area (Å²) in [6.07, 6.45) is 5.71. The third kappa shape index (κ3) is 5.90. The van der Waals surface area contributed by atoms with E-state index in [0.29, 0.717) is 28.9 Å². The third-order valence-corrected chi connectivity index (χ3v) is 4.27. The van der Waals surface area contributed by atoms with Gasteiger partial charge in [0.15, 0.2) is 6.61 Å². The Hall–Kier alpha value is -4.20. The molecule has 0 bridgehead atoms. The summed E-state index contributed by atoms with van der Waals surface area (Å²) in [4.78, 5) is 27.5. The Morgan fingerprint density at radius 3 is 2.67 bits per heavy atom. The van der Waals surface area contributed by atoms with Crippen LogP contribution in [-0.4, -0.2) is 29.0 Å². The lowest BCUT2D eigenvalue weighted by molar-refractivity contribution is -0.141. The smallest absolute Gasteiger partial charge is 0.310 e. The second kappa shape index (κ2) is 10.4. The van der Waals surface area contributed by atoms with E-state index in [1.807, 2.05) is 18.2 Å². The molecule has 6 heteroatoms. The first kappa shape index (κ1) is 20.5. The first-order valence-corrected chi connectivity index (χ1v) is 9.32. The minimum absolute atomic E-state index is 0.0656. The quantitative estimate of drug-likeness (QED) is 0.360. The van der Waals surface area contributed by atoms with Crippen LogP contribution in [0.4, 0.5) is 5.69 Å². The number of nitrogens with zero attached hydrogens (tertiary/aromatic N) is 2. The highest BCUT2D eigenvalue weighted by atomic mass is 16.5. The lowest BCUT2D eigenvalue weighted by atomic mass is 10.0. The number of carbonyl (C=O) groups excluding carboxylic acids is 2. The standard InChI is InChI=1S/C24H19N3O3/c25-27-21-13-6-8-18(16-21)17-23(28)30-15-7-12-19-9-4-5-14-22(19)26-24(29)20-10-2-1-3-11-20/h1-6,8-11,13-14H,15-17H2,(H,26,29). The number of nitrogens with one attached hydrogen (secondary N) is 1. The Balaban J connectivity index is 1.56. The molecule has 0 aromatic heterocycles. The molecule has 30 heavy (non-hydrogen) atoms. The number of allylic oxidation sites excluding steroid dienone is 3. The van der Waals surface area contributed by atoms with E-state index in [-0.39, 0.29) is 18.9 Å². The number of hydrogen-bond acceptors (Lipinski definition) is 3. The van der Waals surface area contributed by atoms with Crippen LogP contribution in [0.1, 0.15) is 28.8 Å². The molecular formula is C24H19N3O3. The summed E-state index contributed by atoms with van der Waals surface area (Å²) in [5, 5.41) is 2.85. The van der Waals surface area contributed by atoms with Crippen molar-refractivity contribution in [3.05, 3.63) is 95.1 Å². The molecule has 3 rings (SSSR count). The van der Waals surface area contributed by atoms with Gasteiger partial charge in [-0.25, -0.2) is 0 Å². The van der Waals surface area contributed by atoms with Crippen molar-refractivity contribution in [1.29, 1.82) is 0 Å². The predicted octanol–water partition coefficient (Wildman–Crippen LogP) is 3.78. The monoisotopic (exact) mass is 397 g/mol. The molecule has 0 radical (unpaired) electrons. The normalized spacial score (nSPS) is 12.1. The summed E-state index contributed by atoms with van der Waals surface area (Å²) in [5.41, 5.74) is 11.9. The molecule has 1 aliphatic carbocycles. The van der Waals surface area contributed by atoms with Crippen LogP contribution in [0.25, 0.3) is 5.53 Å². The van der Waals surface area contributed by atoms with Crippen molar-refractivity contribution in [2.45, 2.75) is 12.8 Å². The Bertz CT molecular complexity index is 1120. The fraction of sp³-hybridized carbons (Fsp3) is 0.125. The predicted molar refractivity (Wildman–Crippen MR) is 114 cm³/mol. The van der Waals surface area contributed by atoms with Gasteiger partial charge >= 0.3 is 5.97 Å². The van der Waals surface area contributed by atoms with Crippen molar-refractivity contribution in [1.82, 2.24) is 0 Å². The van der Waals surface area contributed by atoms with E-state index in [1.54, 1.807) is 54.6 Å². The average molecular weight is 397 g/mol. The van der Waals surface area contributed by atoms with E-state index in [0.717, 1.165) is 5.57 Å². The minimum Gasteiger partial charge on any atom is -0.452 e. The number of ether oxygens (including phenoxy) is 1. The molecule has 2 aromatic rings. The minimum atomic E-state index is -0.409. The summed E-state index contributed by atoms with van der Waals surface area (Å²) in [7, 11) is 0. The zero-order chi connectivity index (χ0) is 21.2. The van der Waals surface area contributed by atoms with E-state index in [9.17, 15) is 9.59 Å². The van der Waals surface area contributed by atoms with Crippen LogP contribution < -0.4 is 5.32 Å². The molecule has 0 spiro atoms. The summed E-state index contributed by atoms with van der Waals surface area (Å²) >= 11 is 0. The highest BCUT2D eigenvalue weighted by molar-refractivity contribution is 6.04. The maximum Gasteiger partial charge on any atom is 0.310 e. The summed E-state index contributed by atoms with van der Waals surface area (Å²) in [6, 6.07) is 16.1. The average Bonchev–Trinajstić information content (AvgIpc) is 2.78. The molecule has 6 nitrogen and oxygen atoms in total. The summed E-state index contributed by atoms with van der Waals surface area (Å²) in [6.45, 7) is -0.0656. The van der Waals surface area contributed by atoms with E-state index >= 15 is 0 Å². The number of para-hydroxylation sites is 1. The van der Waals surface area contributed by atoms with Crippen molar-refractivity contribution in [3.8, 4) is 11.8 Å². The lowest BCUT2D eigenvalue weighted by Gasteiger charge is -2.07. The second-order valence-corrected chi connectivity index (χ2v) is 6.46. The molecule has 148 valence electrons. The first-order valence-electron chi connectivity index (χ1n) is 9.32. The Labute approximate surface area is 174 Å². The fourth-order valence-corrected chi connectivity index (χ4v) is 2.81. The zero-order valence-corrected chi connectivity index (χ0v) is 16.2. The SMILES string of the molecule is [N-]=[N+]=C1C=CC=C(CC(=O)OCC#Cc2ccccc2NC(=O)c2ccccc2)C1. The zero-order valence-electron chi connectivity index (χ0n) is 16.2. The van der Waals surface area contributed by atoms with Crippen molar-refractivity contribution < 1.29 is 19.1 Å². The number of benzene rings is 2. The van der Waals surface area contributed by atoms with Crippen molar-refractivity contribution in [3.63, 3.8) is 0 Å².